The summed E-state index contributed by atoms with van der Waals surface area (Å²) in [6.45, 7) is -0.792. The molecule has 0 aliphatic carbocycles. The molecule has 7 nitrogen and oxygen atoms in total. The molecule has 0 radical (unpaired) electrons. The largest absolute Gasteiger partial charge is 0.480 e. The van der Waals surface area contributed by atoms with Crippen molar-refractivity contribution >= 4 is 39.2 Å². The number of non-ortho nitro benzene ring substituents is 1. The number of rotatable bonds is 5. The number of hydrogen-bond acceptors (Lipinski definition) is 4. The summed E-state index contributed by atoms with van der Waals surface area (Å²) >= 11 is 3.07. The molecule has 1 amide bonds. The smallest absolute Gasteiger partial charge is 0.323 e. The van der Waals surface area contributed by atoms with Crippen LogP contribution in [-0.2, 0) is 4.79 Å². The van der Waals surface area contributed by atoms with Gasteiger partial charge in [0.15, 0.2) is 0 Å². The number of anilines is 1. The van der Waals surface area contributed by atoms with E-state index in [1.807, 2.05) is 0 Å². The quantitative estimate of drug-likeness (QED) is 0.617. The molecule has 0 atom stereocenters. The van der Waals surface area contributed by atoms with Crippen LogP contribution in [0.4, 0.5) is 15.8 Å². The van der Waals surface area contributed by atoms with Crippen LogP contribution in [0.25, 0.3) is 0 Å². The fourth-order valence-corrected chi connectivity index (χ4v) is 2.34. The second-order valence-electron chi connectivity index (χ2n) is 4.69. The maximum atomic E-state index is 14.1. The van der Waals surface area contributed by atoms with E-state index in [9.17, 15) is 24.1 Å². The minimum absolute atomic E-state index is 0.118. The summed E-state index contributed by atoms with van der Waals surface area (Å²) in [5.74, 6) is -3.01. The number of carbonyl (C=O) groups excluding carboxylic acids is 1. The molecule has 24 heavy (non-hydrogen) atoms. The van der Waals surface area contributed by atoms with Crippen molar-refractivity contribution in [1.82, 2.24) is 0 Å². The Bertz CT molecular complexity index is 827. The van der Waals surface area contributed by atoms with Crippen molar-refractivity contribution < 1.29 is 24.0 Å². The van der Waals surface area contributed by atoms with Gasteiger partial charge in [-0.15, -0.1) is 0 Å². The Balaban J connectivity index is 2.47. The predicted octanol–water partition coefficient (Wildman–Crippen LogP) is 3.23. The molecule has 0 fully saturated rings. The molecule has 0 saturated carbocycles. The Morgan fingerprint density at radius 2 is 1.96 bits per heavy atom. The SMILES string of the molecule is O=C(O)CN(C(=O)c1cccc([N+](=O)[O-])c1)c1ccc(Br)cc1F. The van der Waals surface area contributed by atoms with E-state index in [-0.39, 0.29) is 16.9 Å². The minimum atomic E-state index is -1.35. The number of carboxylic acid groups (broad SMARTS) is 1. The Labute approximate surface area is 143 Å². The molecule has 124 valence electrons. The number of benzene rings is 2. The van der Waals surface area contributed by atoms with Crippen LogP contribution < -0.4 is 4.90 Å². The molecule has 9 heteroatoms. The Morgan fingerprint density at radius 1 is 1.25 bits per heavy atom. The van der Waals surface area contributed by atoms with E-state index in [0.29, 0.717) is 9.37 Å². The minimum Gasteiger partial charge on any atom is -0.480 e. The van der Waals surface area contributed by atoms with Gasteiger partial charge in [-0.25, -0.2) is 4.39 Å². The van der Waals surface area contributed by atoms with Gasteiger partial charge in [0.2, 0.25) is 0 Å². The number of nitrogens with zero attached hydrogens (tertiary/aromatic N) is 2. The van der Waals surface area contributed by atoms with Crippen LogP contribution in [0.15, 0.2) is 46.9 Å². The van der Waals surface area contributed by atoms with Gasteiger partial charge in [-0.2, -0.15) is 0 Å². The van der Waals surface area contributed by atoms with Gasteiger partial charge in [-0.1, -0.05) is 22.0 Å². The lowest BCUT2D eigenvalue weighted by molar-refractivity contribution is -0.384. The molecule has 0 spiro atoms. The molecule has 2 rings (SSSR count). The van der Waals surface area contributed by atoms with Crippen molar-refractivity contribution in [2.45, 2.75) is 0 Å². The molecule has 0 saturated heterocycles. The number of aliphatic carboxylic acids is 1. The zero-order valence-electron chi connectivity index (χ0n) is 12.0. The lowest BCUT2D eigenvalue weighted by Gasteiger charge is -2.21. The molecule has 0 aliphatic rings. The lowest BCUT2D eigenvalue weighted by atomic mass is 10.1. The summed E-state index contributed by atoms with van der Waals surface area (Å²) in [6, 6.07) is 8.58. The fourth-order valence-electron chi connectivity index (χ4n) is 2.01. The van der Waals surface area contributed by atoms with Crippen LogP contribution in [0.5, 0.6) is 0 Å². The molecule has 0 heterocycles. The Kier molecular flexibility index (Phi) is 5.24. The van der Waals surface area contributed by atoms with Gasteiger partial charge < -0.3 is 5.11 Å². The number of nitro groups is 1. The predicted molar refractivity (Wildman–Crippen MR) is 86.5 cm³/mol. The third-order valence-electron chi connectivity index (χ3n) is 3.04. The van der Waals surface area contributed by atoms with Crippen LogP contribution in [0.2, 0.25) is 0 Å². The Morgan fingerprint density at radius 3 is 2.54 bits per heavy atom. The van der Waals surface area contributed by atoms with Crippen LogP contribution in [0.3, 0.4) is 0 Å². The second kappa shape index (κ2) is 7.18. The number of hydrogen-bond donors (Lipinski definition) is 1. The highest BCUT2D eigenvalue weighted by molar-refractivity contribution is 9.10. The van der Waals surface area contributed by atoms with Crippen LogP contribution in [-0.4, -0.2) is 28.5 Å². The lowest BCUT2D eigenvalue weighted by Crippen LogP contribution is -2.36. The van der Waals surface area contributed by atoms with Crippen molar-refractivity contribution in [3.8, 4) is 0 Å². The standard InChI is InChI=1S/C15H10BrFN2O5/c16-10-4-5-13(12(17)7-10)18(8-14(20)21)15(22)9-2-1-3-11(6-9)19(23)24/h1-7H,8H2,(H,20,21). The second-order valence-corrected chi connectivity index (χ2v) is 5.60. The van der Waals surface area contributed by atoms with E-state index in [2.05, 4.69) is 15.9 Å². The first-order valence-electron chi connectivity index (χ1n) is 6.52. The first kappa shape index (κ1) is 17.5. The molecule has 0 bridgehead atoms. The van der Waals surface area contributed by atoms with Gasteiger partial charge >= 0.3 is 5.97 Å². The summed E-state index contributed by atoms with van der Waals surface area (Å²) in [4.78, 5) is 34.4. The van der Waals surface area contributed by atoms with E-state index in [0.717, 1.165) is 12.1 Å². The molecule has 0 aromatic heterocycles. The number of carbonyl (C=O) groups is 2. The number of carboxylic acids is 1. The summed E-state index contributed by atoms with van der Waals surface area (Å²) in [6.07, 6.45) is 0. The highest BCUT2D eigenvalue weighted by atomic mass is 79.9. The number of nitro benzene ring substituents is 1. The van der Waals surface area contributed by atoms with Gasteiger partial charge in [0.25, 0.3) is 11.6 Å². The van der Waals surface area contributed by atoms with Crippen molar-refractivity contribution in [2.24, 2.45) is 0 Å². The third-order valence-corrected chi connectivity index (χ3v) is 3.54. The molecule has 2 aromatic rings. The Hall–Kier alpha value is -2.81. The molecule has 0 aliphatic heterocycles. The molecular formula is C15H10BrFN2O5. The number of amides is 1. The summed E-state index contributed by atoms with van der Waals surface area (Å²) in [7, 11) is 0. The number of halogens is 2. The van der Waals surface area contributed by atoms with E-state index in [4.69, 9.17) is 5.11 Å². The third kappa shape index (κ3) is 3.93. The van der Waals surface area contributed by atoms with E-state index in [1.165, 1.54) is 30.3 Å². The van der Waals surface area contributed by atoms with Crippen LogP contribution in [0, 0.1) is 15.9 Å². The first-order chi connectivity index (χ1) is 11.3. The van der Waals surface area contributed by atoms with E-state index in [1.54, 1.807) is 0 Å². The summed E-state index contributed by atoms with van der Waals surface area (Å²) < 4.78 is 14.5. The average Bonchev–Trinajstić information content (AvgIpc) is 2.52. The van der Waals surface area contributed by atoms with E-state index >= 15 is 0 Å². The van der Waals surface area contributed by atoms with Crippen LogP contribution in [0.1, 0.15) is 10.4 Å². The van der Waals surface area contributed by atoms with Crippen molar-refractivity contribution in [3.05, 3.63) is 68.4 Å². The zero-order valence-corrected chi connectivity index (χ0v) is 13.6. The van der Waals surface area contributed by atoms with Gasteiger partial charge in [0, 0.05) is 22.2 Å². The summed E-state index contributed by atoms with van der Waals surface area (Å²) in [5, 5.41) is 19.8. The van der Waals surface area contributed by atoms with Crippen molar-refractivity contribution in [3.63, 3.8) is 0 Å². The van der Waals surface area contributed by atoms with Crippen molar-refractivity contribution in [1.29, 1.82) is 0 Å². The maximum absolute atomic E-state index is 14.1. The normalized spacial score (nSPS) is 10.2. The maximum Gasteiger partial charge on any atom is 0.323 e. The average molecular weight is 397 g/mol. The van der Waals surface area contributed by atoms with Crippen LogP contribution >= 0.6 is 15.9 Å². The molecule has 1 N–H and O–H groups in total. The molecule has 0 unspecified atom stereocenters. The monoisotopic (exact) mass is 396 g/mol. The molecular weight excluding hydrogens is 387 g/mol. The van der Waals surface area contributed by atoms with Crippen molar-refractivity contribution in [2.75, 3.05) is 11.4 Å². The van der Waals surface area contributed by atoms with Gasteiger partial charge in [0.1, 0.15) is 12.4 Å². The van der Waals surface area contributed by atoms with Gasteiger partial charge in [-0.05, 0) is 24.3 Å². The van der Waals surface area contributed by atoms with Gasteiger partial charge in [-0.3, -0.25) is 24.6 Å². The van der Waals surface area contributed by atoms with E-state index < -0.39 is 29.2 Å². The highest BCUT2D eigenvalue weighted by Gasteiger charge is 2.24. The summed E-state index contributed by atoms with van der Waals surface area (Å²) in [5.41, 5.74) is -0.683. The fraction of sp³-hybridized carbons (Fsp3) is 0.0667. The topological polar surface area (TPSA) is 101 Å². The first-order valence-corrected chi connectivity index (χ1v) is 7.32. The molecule has 2 aromatic carbocycles. The highest BCUT2D eigenvalue weighted by Crippen LogP contribution is 2.25. The van der Waals surface area contributed by atoms with Gasteiger partial charge in [0.05, 0.1) is 10.6 Å². The zero-order chi connectivity index (χ0) is 17.9.